The van der Waals surface area contributed by atoms with Gasteiger partial charge in [0.2, 0.25) is 11.8 Å². The highest BCUT2D eigenvalue weighted by Gasteiger charge is 2.18. The minimum absolute atomic E-state index is 0.124. The van der Waals surface area contributed by atoms with Gasteiger partial charge in [0.05, 0.1) is 11.4 Å². The summed E-state index contributed by atoms with van der Waals surface area (Å²) in [4.78, 5) is 32.7. The standard InChI is InChI=1S/C26H25N3O3S/c1-4-23-22(21-12-8-9-13-24(21)32-23)16-28(3)25(31)15-14-19-17-33-26(27-19)29(18(2)30)20-10-6-5-7-11-20/h5-15,17H,4,16H2,1-3H3. The number of carbonyl (C=O) groups excluding carboxylic acids is 2. The molecule has 2 heterocycles. The molecule has 0 radical (unpaired) electrons. The zero-order valence-electron chi connectivity index (χ0n) is 18.8. The Morgan fingerprint density at radius 3 is 2.55 bits per heavy atom. The summed E-state index contributed by atoms with van der Waals surface area (Å²) in [5.74, 6) is 0.638. The van der Waals surface area contributed by atoms with Gasteiger partial charge in [0.1, 0.15) is 11.3 Å². The molecule has 6 nitrogen and oxygen atoms in total. The number of amides is 2. The molecule has 0 saturated carbocycles. The molecule has 0 aliphatic rings. The van der Waals surface area contributed by atoms with Gasteiger partial charge >= 0.3 is 0 Å². The number of likely N-dealkylation sites (N-methyl/N-ethyl adjacent to an activating group) is 1. The lowest BCUT2D eigenvalue weighted by atomic mass is 10.1. The Kier molecular flexibility index (Phi) is 6.70. The predicted octanol–water partition coefficient (Wildman–Crippen LogP) is 5.81. The van der Waals surface area contributed by atoms with Crippen LogP contribution in [0.25, 0.3) is 17.0 Å². The van der Waals surface area contributed by atoms with Gasteiger partial charge in [0, 0.05) is 49.3 Å². The second-order valence-corrected chi connectivity index (χ2v) is 8.46. The molecular weight excluding hydrogens is 434 g/mol. The minimum atomic E-state index is -0.136. The molecule has 2 aromatic carbocycles. The molecule has 0 fully saturated rings. The van der Waals surface area contributed by atoms with E-state index in [4.69, 9.17) is 4.42 Å². The van der Waals surface area contributed by atoms with Gasteiger partial charge in [-0.3, -0.25) is 14.5 Å². The normalized spacial score (nSPS) is 11.2. The lowest BCUT2D eigenvalue weighted by Gasteiger charge is -2.17. The summed E-state index contributed by atoms with van der Waals surface area (Å²) in [5, 5.41) is 3.43. The Morgan fingerprint density at radius 1 is 1.09 bits per heavy atom. The number of fused-ring (bicyclic) bond motifs is 1. The number of rotatable bonds is 7. The van der Waals surface area contributed by atoms with Crippen LogP contribution in [-0.4, -0.2) is 28.7 Å². The van der Waals surface area contributed by atoms with Crippen molar-refractivity contribution in [2.24, 2.45) is 0 Å². The molecule has 168 valence electrons. The zero-order valence-corrected chi connectivity index (χ0v) is 19.6. The van der Waals surface area contributed by atoms with Gasteiger partial charge in [-0.25, -0.2) is 4.98 Å². The first-order chi connectivity index (χ1) is 16.0. The highest BCUT2D eigenvalue weighted by Crippen LogP contribution is 2.29. The molecule has 0 N–H and O–H groups in total. The number of aromatic nitrogens is 1. The maximum atomic E-state index is 12.8. The van der Waals surface area contributed by atoms with E-state index in [-0.39, 0.29) is 11.8 Å². The van der Waals surface area contributed by atoms with Gasteiger partial charge in [-0.05, 0) is 24.3 Å². The van der Waals surface area contributed by atoms with Gasteiger partial charge in [0.25, 0.3) is 0 Å². The second kappa shape index (κ2) is 9.83. The van der Waals surface area contributed by atoms with E-state index in [1.807, 2.05) is 66.9 Å². The van der Waals surface area contributed by atoms with Crippen LogP contribution < -0.4 is 4.90 Å². The summed E-state index contributed by atoms with van der Waals surface area (Å²) in [5.41, 5.74) is 3.25. The minimum Gasteiger partial charge on any atom is -0.461 e. The number of hydrogen-bond donors (Lipinski definition) is 0. The van der Waals surface area contributed by atoms with E-state index in [1.54, 1.807) is 22.9 Å². The number of para-hydroxylation sites is 2. The summed E-state index contributed by atoms with van der Waals surface area (Å²) in [6.07, 6.45) is 3.95. The fourth-order valence-corrected chi connectivity index (χ4v) is 4.52. The number of benzene rings is 2. The van der Waals surface area contributed by atoms with Gasteiger partial charge in [-0.2, -0.15) is 0 Å². The number of furan rings is 1. The first-order valence-corrected chi connectivity index (χ1v) is 11.6. The number of thiazole rings is 1. The number of carbonyl (C=O) groups is 2. The Balaban J connectivity index is 1.48. The molecule has 0 unspecified atom stereocenters. The first-order valence-electron chi connectivity index (χ1n) is 10.7. The highest BCUT2D eigenvalue weighted by atomic mass is 32.1. The third-order valence-corrected chi connectivity index (χ3v) is 6.15. The third kappa shape index (κ3) is 4.88. The number of aryl methyl sites for hydroxylation is 1. The van der Waals surface area contributed by atoms with E-state index in [1.165, 1.54) is 24.3 Å². The fraction of sp³-hybridized carbons (Fsp3) is 0.192. The summed E-state index contributed by atoms with van der Waals surface area (Å²) in [7, 11) is 1.77. The molecule has 0 spiro atoms. The zero-order chi connectivity index (χ0) is 23.4. The van der Waals surface area contributed by atoms with Crippen molar-refractivity contribution in [2.45, 2.75) is 26.8 Å². The van der Waals surface area contributed by atoms with Crippen molar-refractivity contribution >= 4 is 51.0 Å². The Labute approximate surface area is 196 Å². The van der Waals surface area contributed by atoms with Crippen molar-refractivity contribution in [3.63, 3.8) is 0 Å². The van der Waals surface area contributed by atoms with Crippen molar-refractivity contribution in [3.05, 3.63) is 83.1 Å². The van der Waals surface area contributed by atoms with E-state index < -0.39 is 0 Å². The van der Waals surface area contributed by atoms with Crippen LogP contribution in [0.4, 0.5) is 10.8 Å². The van der Waals surface area contributed by atoms with Gasteiger partial charge in [0.15, 0.2) is 5.13 Å². The topological polar surface area (TPSA) is 66.7 Å². The Hall–Kier alpha value is -3.71. The lowest BCUT2D eigenvalue weighted by molar-refractivity contribution is -0.125. The average molecular weight is 460 g/mol. The van der Waals surface area contributed by atoms with Crippen LogP contribution in [0.15, 0.2) is 70.5 Å². The van der Waals surface area contributed by atoms with Crippen molar-refractivity contribution < 1.29 is 14.0 Å². The highest BCUT2D eigenvalue weighted by molar-refractivity contribution is 7.14. The van der Waals surface area contributed by atoms with Crippen LogP contribution in [-0.2, 0) is 22.6 Å². The van der Waals surface area contributed by atoms with Crippen LogP contribution >= 0.6 is 11.3 Å². The average Bonchev–Trinajstić information content (AvgIpc) is 3.42. The molecule has 0 aliphatic carbocycles. The quantitative estimate of drug-likeness (QED) is 0.327. The largest absolute Gasteiger partial charge is 0.461 e. The summed E-state index contributed by atoms with van der Waals surface area (Å²) in [6, 6.07) is 17.3. The predicted molar refractivity (Wildman–Crippen MR) is 132 cm³/mol. The summed E-state index contributed by atoms with van der Waals surface area (Å²) >= 11 is 1.36. The molecule has 2 amide bonds. The van der Waals surface area contributed by atoms with Crippen molar-refractivity contribution in [1.29, 1.82) is 0 Å². The smallest absolute Gasteiger partial charge is 0.246 e. The number of nitrogens with zero attached hydrogens (tertiary/aromatic N) is 3. The fourth-order valence-electron chi connectivity index (χ4n) is 3.67. The SMILES string of the molecule is CCc1oc2ccccc2c1CN(C)C(=O)C=Cc1csc(N(C(C)=O)c2ccccc2)n1. The van der Waals surface area contributed by atoms with Crippen LogP contribution in [0, 0.1) is 0 Å². The van der Waals surface area contributed by atoms with E-state index in [9.17, 15) is 9.59 Å². The van der Waals surface area contributed by atoms with E-state index in [0.717, 1.165) is 34.4 Å². The lowest BCUT2D eigenvalue weighted by Crippen LogP contribution is -2.24. The molecule has 4 aromatic rings. The van der Waals surface area contributed by atoms with Gasteiger partial charge < -0.3 is 9.32 Å². The molecule has 33 heavy (non-hydrogen) atoms. The Morgan fingerprint density at radius 2 is 1.82 bits per heavy atom. The van der Waals surface area contributed by atoms with Crippen LogP contribution in [0.2, 0.25) is 0 Å². The van der Waals surface area contributed by atoms with Crippen molar-refractivity contribution in [2.75, 3.05) is 11.9 Å². The van der Waals surface area contributed by atoms with Gasteiger partial charge in [-0.15, -0.1) is 11.3 Å². The molecule has 4 rings (SSSR count). The maximum Gasteiger partial charge on any atom is 0.246 e. The van der Waals surface area contributed by atoms with Crippen molar-refractivity contribution in [1.82, 2.24) is 9.88 Å². The Bertz CT molecular complexity index is 1310. The molecule has 0 aliphatic heterocycles. The summed E-state index contributed by atoms with van der Waals surface area (Å²) < 4.78 is 5.94. The van der Waals surface area contributed by atoms with Crippen molar-refractivity contribution in [3.8, 4) is 0 Å². The van der Waals surface area contributed by atoms with Crippen LogP contribution in [0.5, 0.6) is 0 Å². The number of hydrogen-bond acceptors (Lipinski definition) is 5. The number of anilines is 2. The van der Waals surface area contributed by atoms with Crippen LogP contribution in [0.1, 0.15) is 30.9 Å². The molecule has 2 aromatic heterocycles. The van der Waals surface area contributed by atoms with E-state index >= 15 is 0 Å². The molecule has 7 heteroatoms. The molecular formula is C26H25N3O3S. The van der Waals surface area contributed by atoms with Gasteiger partial charge in [-0.1, -0.05) is 43.3 Å². The monoisotopic (exact) mass is 459 g/mol. The molecule has 0 saturated heterocycles. The molecule has 0 atom stereocenters. The van der Waals surface area contributed by atoms with E-state index in [0.29, 0.717) is 17.4 Å². The molecule has 0 bridgehead atoms. The van der Waals surface area contributed by atoms with Crippen LogP contribution in [0.3, 0.4) is 0 Å². The maximum absolute atomic E-state index is 12.8. The second-order valence-electron chi connectivity index (χ2n) is 7.63. The third-order valence-electron chi connectivity index (χ3n) is 5.30. The summed E-state index contributed by atoms with van der Waals surface area (Å²) in [6.45, 7) is 4.01. The first kappa shape index (κ1) is 22.5. The van der Waals surface area contributed by atoms with E-state index in [2.05, 4.69) is 4.98 Å².